The number of fused-ring (bicyclic) bond motifs is 1. The average molecular weight is 397 g/mol. The molecule has 0 spiro atoms. The van der Waals surface area contributed by atoms with Crippen molar-refractivity contribution in [2.75, 3.05) is 0 Å². The van der Waals surface area contributed by atoms with Gasteiger partial charge in [-0.15, -0.1) is 0 Å². The first-order valence-corrected chi connectivity index (χ1v) is 8.42. The van der Waals surface area contributed by atoms with Crippen LogP contribution in [-0.2, 0) is 11.3 Å². The molecule has 1 heterocycles. The van der Waals surface area contributed by atoms with Crippen molar-refractivity contribution in [2.45, 2.75) is 13.0 Å². The van der Waals surface area contributed by atoms with Crippen LogP contribution in [0.1, 0.15) is 16.8 Å². The molecule has 11 heteroatoms. The average Bonchev–Trinajstić information content (AvgIpc) is 2.72. The monoisotopic (exact) mass is 397 g/mol. The predicted octanol–water partition coefficient (Wildman–Crippen LogP) is 0.449. The van der Waals surface area contributed by atoms with Crippen LogP contribution in [0.25, 0.3) is 10.9 Å². The summed E-state index contributed by atoms with van der Waals surface area (Å²) in [6.45, 7) is -0.182. The number of non-ortho nitro benzene ring substituents is 1. The van der Waals surface area contributed by atoms with Gasteiger partial charge in [0.1, 0.15) is 0 Å². The van der Waals surface area contributed by atoms with Crippen LogP contribution in [0.3, 0.4) is 0 Å². The van der Waals surface area contributed by atoms with E-state index in [0.29, 0.717) is 10.9 Å². The number of aromatic amines is 1. The summed E-state index contributed by atoms with van der Waals surface area (Å²) >= 11 is 0. The zero-order chi connectivity index (χ0) is 21.0. The molecule has 1 aromatic heterocycles. The highest BCUT2D eigenvalue weighted by molar-refractivity contribution is 5.95. The molecule has 0 aliphatic heterocycles. The van der Waals surface area contributed by atoms with Crippen LogP contribution in [0, 0.1) is 10.1 Å². The van der Waals surface area contributed by atoms with Gasteiger partial charge >= 0.3 is 5.69 Å². The lowest BCUT2D eigenvalue weighted by Crippen LogP contribution is -2.43. The van der Waals surface area contributed by atoms with Crippen LogP contribution in [0.2, 0.25) is 0 Å². The quantitative estimate of drug-likeness (QED) is 0.419. The number of hydrazine groups is 1. The van der Waals surface area contributed by atoms with Gasteiger partial charge in [-0.25, -0.2) is 4.79 Å². The van der Waals surface area contributed by atoms with Crippen molar-refractivity contribution in [1.29, 1.82) is 0 Å². The fourth-order valence-electron chi connectivity index (χ4n) is 2.61. The van der Waals surface area contributed by atoms with Crippen molar-refractivity contribution in [1.82, 2.24) is 20.4 Å². The lowest BCUT2D eigenvalue weighted by Gasteiger charge is -2.09. The topological polar surface area (TPSA) is 156 Å². The van der Waals surface area contributed by atoms with Gasteiger partial charge in [-0.3, -0.25) is 39.9 Å². The molecule has 3 aromatic rings. The number of aromatic nitrogens is 2. The maximum Gasteiger partial charge on any atom is 0.328 e. The van der Waals surface area contributed by atoms with Crippen molar-refractivity contribution < 1.29 is 14.5 Å². The van der Waals surface area contributed by atoms with Crippen molar-refractivity contribution in [3.05, 3.63) is 85.0 Å². The number of para-hydroxylation sites is 1. The predicted molar refractivity (Wildman–Crippen MR) is 102 cm³/mol. The molecule has 0 fully saturated rings. The molecule has 0 unspecified atom stereocenters. The standard InChI is InChI=1S/C18H15N5O6/c24-15(20-21-16(25)11-5-7-12(8-6-11)23(28)29)9-10-22-17(26)13-3-1-2-4-14(13)19-18(22)27/h1-8H,9-10H2,(H,19,27)(H,20,24)(H,21,25). The third-order valence-electron chi connectivity index (χ3n) is 4.11. The first-order valence-electron chi connectivity index (χ1n) is 8.42. The first-order chi connectivity index (χ1) is 13.9. The second-order valence-corrected chi connectivity index (χ2v) is 5.99. The maximum atomic E-state index is 12.4. The molecular weight excluding hydrogens is 382 g/mol. The summed E-state index contributed by atoms with van der Waals surface area (Å²) in [5.41, 5.74) is 3.50. The van der Waals surface area contributed by atoms with E-state index in [0.717, 1.165) is 16.7 Å². The van der Waals surface area contributed by atoms with E-state index in [4.69, 9.17) is 0 Å². The molecule has 0 bridgehead atoms. The van der Waals surface area contributed by atoms with E-state index in [-0.39, 0.29) is 24.2 Å². The van der Waals surface area contributed by atoms with Gasteiger partial charge in [-0.05, 0) is 24.3 Å². The van der Waals surface area contributed by atoms with Crippen molar-refractivity contribution in [3.8, 4) is 0 Å². The molecule has 3 N–H and O–H groups in total. The van der Waals surface area contributed by atoms with Crippen molar-refractivity contribution in [3.63, 3.8) is 0 Å². The molecule has 148 valence electrons. The molecule has 29 heavy (non-hydrogen) atoms. The van der Waals surface area contributed by atoms with Gasteiger partial charge in [0, 0.05) is 30.7 Å². The lowest BCUT2D eigenvalue weighted by molar-refractivity contribution is -0.384. The minimum Gasteiger partial charge on any atom is -0.307 e. The Hall–Kier alpha value is -4.28. The Morgan fingerprint density at radius 2 is 1.72 bits per heavy atom. The van der Waals surface area contributed by atoms with Gasteiger partial charge in [0.25, 0.3) is 17.2 Å². The summed E-state index contributed by atoms with van der Waals surface area (Å²) in [6, 6.07) is 11.3. The highest BCUT2D eigenvalue weighted by atomic mass is 16.6. The fraction of sp³-hybridized carbons (Fsp3) is 0.111. The van der Waals surface area contributed by atoms with E-state index in [1.165, 1.54) is 12.1 Å². The molecule has 0 saturated heterocycles. The Morgan fingerprint density at radius 3 is 2.41 bits per heavy atom. The van der Waals surface area contributed by atoms with Crippen molar-refractivity contribution >= 4 is 28.4 Å². The number of nitrogens with zero attached hydrogens (tertiary/aromatic N) is 2. The number of carbonyl (C=O) groups is 2. The highest BCUT2D eigenvalue weighted by Gasteiger charge is 2.12. The van der Waals surface area contributed by atoms with E-state index < -0.39 is 28.0 Å². The van der Waals surface area contributed by atoms with E-state index in [1.54, 1.807) is 24.3 Å². The second kappa shape index (κ2) is 8.17. The number of benzene rings is 2. The maximum absolute atomic E-state index is 12.4. The van der Waals surface area contributed by atoms with Crippen LogP contribution >= 0.6 is 0 Å². The number of hydrogen-bond donors (Lipinski definition) is 3. The summed E-state index contributed by atoms with van der Waals surface area (Å²) < 4.78 is 0.903. The Labute approximate surface area is 162 Å². The molecular formula is C18H15N5O6. The van der Waals surface area contributed by atoms with Gasteiger partial charge < -0.3 is 4.98 Å². The van der Waals surface area contributed by atoms with E-state index in [9.17, 15) is 29.3 Å². The number of carbonyl (C=O) groups excluding carboxylic acids is 2. The minimum atomic E-state index is -0.672. The van der Waals surface area contributed by atoms with Crippen LogP contribution in [0.15, 0.2) is 58.1 Å². The van der Waals surface area contributed by atoms with Crippen LogP contribution in [-0.4, -0.2) is 26.3 Å². The van der Waals surface area contributed by atoms with E-state index in [2.05, 4.69) is 15.8 Å². The third-order valence-corrected chi connectivity index (χ3v) is 4.11. The third kappa shape index (κ3) is 4.35. The second-order valence-electron chi connectivity index (χ2n) is 5.99. The highest BCUT2D eigenvalue weighted by Crippen LogP contribution is 2.11. The van der Waals surface area contributed by atoms with Gasteiger partial charge in [-0.2, -0.15) is 0 Å². The van der Waals surface area contributed by atoms with Crippen molar-refractivity contribution in [2.24, 2.45) is 0 Å². The van der Waals surface area contributed by atoms with Crippen LogP contribution < -0.4 is 22.1 Å². The van der Waals surface area contributed by atoms with Gasteiger partial charge in [0.15, 0.2) is 0 Å². The summed E-state index contributed by atoms with van der Waals surface area (Å²) in [4.78, 5) is 60.9. The molecule has 11 nitrogen and oxygen atoms in total. The summed E-state index contributed by atoms with van der Waals surface area (Å²) in [6.07, 6.45) is -0.234. The Bertz CT molecular complexity index is 1210. The lowest BCUT2D eigenvalue weighted by atomic mass is 10.2. The summed E-state index contributed by atoms with van der Waals surface area (Å²) in [5, 5.41) is 10.9. The van der Waals surface area contributed by atoms with E-state index >= 15 is 0 Å². The molecule has 0 radical (unpaired) electrons. The van der Waals surface area contributed by atoms with Gasteiger partial charge in [0.05, 0.1) is 15.8 Å². The zero-order valence-electron chi connectivity index (χ0n) is 14.9. The number of amides is 2. The van der Waals surface area contributed by atoms with Gasteiger partial charge in [-0.1, -0.05) is 12.1 Å². The normalized spacial score (nSPS) is 10.5. The Morgan fingerprint density at radius 1 is 1.03 bits per heavy atom. The van der Waals surface area contributed by atoms with Crippen LogP contribution in [0.4, 0.5) is 5.69 Å². The molecule has 0 aliphatic rings. The zero-order valence-corrected chi connectivity index (χ0v) is 14.9. The molecule has 3 rings (SSSR count). The Kier molecular flexibility index (Phi) is 5.49. The largest absolute Gasteiger partial charge is 0.328 e. The van der Waals surface area contributed by atoms with Gasteiger partial charge in [0.2, 0.25) is 5.91 Å². The molecule has 2 amide bonds. The summed E-state index contributed by atoms with van der Waals surface area (Å²) in [5.74, 6) is -1.30. The number of rotatable bonds is 5. The Balaban J connectivity index is 1.60. The number of H-pyrrole nitrogens is 1. The summed E-state index contributed by atoms with van der Waals surface area (Å²) in [7, 11) is 0. The number of nitro benzene ring substituents is 1. The smallest absolute Gasteiger partial charge is 0.307 e. The number of hydrogen-bond acceptors (Lipinski definition) is 6. The van der Waals surface area contributed by atoms with E-state index in [1.807, 2.05) is 0 Å². The number of nitro groups is 1. The first kappa shape index (κ1) is 19.5. The number of nitrogens with one attached hydrogen (secondary N) is 3. The SMILES string of the molecule is O=C(CCn1c(=O)[nH]c2ccccc2c1=O)NNC(=O)c1ccc([N+](=O)[O-])cc1. The molecule has 2 aromatic carbocycles. The fourth-order valence-corrected chi connectivity index (χ4v) is 2.61. The molecule has 0 saturated carbocycles. The minimum absolute atomic E-state index is 0.109. The van der Waals surface area contributed by atoms with Crippen LogP contribution in [0.5, 0.6) is 0 Å². The molecule has 0 atom stereocenters. The molecule has 0 aliphatic carbocycles.